The van der Waals surface area contributed by atoms with Crippen molar-refractivity contribution in [2.75, 3.05) is 0 Å². The molecule has 12 N–H and O–H groups in total. The summed E-state index contributed by atoms with van der Waals surface area (Å²) in [4.78, 5) is 0. The Morgan fingerprint density at radius 1 is 0.387 bits per heavy atom. The van der Waals surface area contributed by atoms with Gasteiger partial charge in [0.25, 0.3) is 0 Å². The average molecular weight is 907 g/mol. The van der Waals surface area contributed by atoms with Crippen LogP contribution in [0.15, 0.2) is 130 Å². The molecule has 318 valence electrons. The summed E-state index contributed by atoms with van der Waals surface area (Å²) in [7, 11) is 0. The molecule has 0 saturated heterocycles. The summed E-state index contributed by atoms with van der Waals surface area (Å²) in [6, 6.07) is 33.7. The Bertz CT molecular complexity index is 2160. The number of nitrogens with one attached hydrogen (secondary N) is 4. The Balaban J connectivity index is 1.55. The molecule has 62 heavy (non-hydrogen) atoms. The predicted molar refractivity (Wildman–Crippen MR) is 260 cm³/mol. The van der Waals surface area contributed by atoms with E-state index in [1.807, 2.05) is 109 Å². The third-order valence-corrected chi connectivity index (χ3v) is 8.61. The van der Waals surface area contributed by atoms with Crippen LogP contribution in [0.25, 0.3) is 0 Å². The molecule has 16 nitrogen and oxygen atoms in total. The van der Waals surface area contributed by atoms with Crippen molar-refractivity contribution in [3.8, 4) is 23.0 Å². The molecule has 5 aromatic carbocycles. The summed E-state index contributed by atoms with van der Waals surface area (Å²) in [6.45, 7) is 0.518. The van der Waals surface area contributed by atoms with Crippen LogP contribution >= 0.6 is 48.9 Å². The van der Waals surface area contributed by atoms with Gasteiger partial charge in [-0.2, -0.15) is 20.4 Å². The van der Waals surface area contributed by atoms with E-state index in [1.54, 1.807) is 24.9 Å². The van der Waals surface area contributed by atoms with Gasteiger partial charge < -0.3 is 41.9 Å². The van der Waals surface area contributed by atoms with E-state index in [1.165, 1.54) is 0 Å². The standard InChI is InChI=1S/C42H42N12O4S4/c43-39(59)51-47-19-27-9-1-5-13-35(27)55-23-31-17-33(25-57-37-15-7-3-11-29(37)21-49-53-41(45)61)34(26-58-38-16-8-4-12-30(38)22-50-54-42(46)62)18-32(31)24-56-36-14-6-2-10-28(36)20-48-52-40(44)60/h1-22H,23-26H2,(H3,43,51,59)(H3,44,52,60)(H3,45,53,61)(H3,46,54,62)/b47-19+,48-20+,49-21+,50-22+. The summed E-state index contributed by atoms with van der Waals surface area (Å²) in [5.41, 5.74) is 38.5. The predicted octanol–water partition coefficient (Wildman–Crippen LogP) is 4.67. The Kier molecular flexibility index (Phi) is 17.8. The minimum atomic E-state index is 0.0335. The van der Waals surface area contributed by atoms with Gasteiger partial charge in [-0.3, -0.25) is 21.7 Å². The van der Waals surface area contributed by atoms with E-state index >= 15 is 0 Å². The lowest BCUT2D eigenvalue weighted by atomic mass is 9.99. The number of hydrogen-bond acceptors (Lipinski definition) is 12. The zero-order valence-electron chi connectivity index (χ0n) is 32.9. The van der Waals surface area contributed by atoms with Gasteiger partial charge in [0.15, 0.2) is 20.4 Å². The van der Waals surface area contributed by atoms with Crippen LogP contribution in [0.2, 0.25) is 0 Å². The van der Waals surface area contributed by atoms with E-state index in [4.69, 9.17) is 90.8 Å². The molecule has 0 heterocycles. The molecule has 0 radical (unpaired) electrons. The smallest absolute Gasteiger partial charge is 0.184 e. The lowest BCUT2D eigenvalue weighted by Gasteiger charge is -2.20. The molecule has 0 bridgehead atoms. The minimum Gasteiger partial charge on any atom is -0.488 e. The Morgan fingerprint density at radius 3 is 0.806 bits per heavy atom. The maximum atomic E-state index is 6.46. The fourth-order valence-electron chi connectivity index (χ4n) is 5.49. The second kappa shape index (κ2) is 24.1. The van der Waals surface area contributed by atoms with Gasteiger partial charge in [-0.05, 0) is 132 Å². The van der Waals surface area contributed by atoms with E-state index < -0.39 is 0 Å². The van der Waals surface area contributed by atoms with Gasteiger partial charge in [0, 0.05) is 22.3 Å². The monoisotopic (exact) mass is 906 g/mol. The maximum Gasteiger partial charge on any atom is 0.184 e. The molecule has 5 rings (SSSR count). The number of rotatable bonds is 20. The van der Waals surface area contributed by atoms with Crippen molar-refractivity contribution in [2.45, 2.75) is 26.4 Å². The van der Waals surface area contributed by atoms with Crippen molar-refractivity contribution in [3.05, 3.63) is 154 Å². The number of ether oxygens (including phenoxy) is 4. The number of para-hydroxylation sites is 4. The Morgan fingerprint density at radius 2 is 0.597 bits per heavy atom. The van der Waals surface area contributed by atoms with Gasteiger partial charge in [-0.25, -0.2) is 0 Å². The van der Waals surface area contributed by atoms with Crippen LogP contribution in [-0.2, 0) is 26.4 Å². The molecule has 0 spiro atoms. The number of nitrogens with two attached hydrogens (primary N) is 4. The first kappa shape index (κ1) is 45.8. The molecule has 5 aromatic rings. The van der Waals surface area contributed by atoms with Crippen LogP contribution in [0.5, 0.6) is 23.0 Å². The molecule has 0 aliphatic rings. The molecule has 0 aliphatic heterocycles. The number of benzene rings is 5. The van der Waals surface area contributed by atoms with Crippen molar-refractivity contribution in [3.63, 3.8) is 0 Å². The molecule has 20 heteroatoms. The van der Waals surface area contributed by atoms with Crippen LogP contribution in [-0.4, -0.2) is 45.3 Å². The van der Waals surface area contributed by atoms with Crippen LogP contribution in [0.1, 0.15) is 44.5 Å². The van der Waals surface area contributed by atoms with E-state index in [0.717, 1.165) is 22.3 Å². The van der Waals surface area contributed by atoms with Gasteiger partial charge in [-0.1, -0.05) is 48.5 Å². The summed E-state index contributed by atoms with van der Waals surface area (Å²) in [5, 5.41) is 16.6. The molecular formula is C42H42N12O4S4. The van der Waals surface area contributed by atoms with E-state index in [0.29, 0.717) is 45.3 Å². The lowest BCUT2D eigenvalue weighted by molar-refractivity contribution is 0.275. The average Bonchev–Trinajstić information content (AvgIpc) is 3.25. The summed E-state index contributed by atoms with van der Waals surface area (Å²) >= 11 is 19.6. The highest BCUT2D eigenvalue weighted by atomic mass is 32.1. The van der Waals surface area contributed by atoms with Gasteiger partial charge >= 0.3 is 0 Å². The Hall–Kier alpha value is -7.26. The second-order valence-corrected chi connectivity index (χ2v) is 14.4. The minimum absolute atomic E-state index is 0.0335. The first-order valence-corrected chi connectivity index (χ1v) is 20.0. The van der Waals surface area contributed by atoms with Crippen molar-refractivity contribution in [1.82, 2.24) is 21.7 Å². The second-order valence-electron chi connectivity index (χ2n) is 12.6. The molecule has 0 aliphatic carbocycles. The molecule has 0 aromatic heterocycles. The number of nitrogens with zero attached hydrogens (tertiary/aromatic N) is 4. The van der Waals surface area contributed by atoms with Crippen molar-refractivity contribution in [1.29, 1.82) is 0 Å². The zero-order chi connectivity index (χ0) is 44.1. The molecule has 0 fully saturated rings. The number of hydrogen-bond donors (Lipinski definition) is 8. The van der Waals surface area contributed by atoms with E-state index in [2.05, 4.69) is 42.1 Å². The van der Waals surface area contributed by atoms with E-state index in [-0.39, 0.29) is 46.9 Å². The van der Waals surface area contributed by atoms with Crippen LogP contribution in [0, 0.1) is 0 Å². The normalized spacial score (nSPS) is 11.1. The highest BCUT2D eigenvalue weighted by molar-refractivity contribution is 7.80. The van der Waals surface area contributed by atoms with Gasteiger partial charge in [0.2, 0.25) is 0 Å². The van der Waals surface area contributed by atoms with Gasteiger partial charge in [-0.15, -0.1) is 0 Å². The summed E-state index contributed by atoms with van der Waals surface area (Å²) < 4.78 is 25.9. The molecule has 0 atom stereocenters. The lowest BCUT2D eigenvalue weighted by Crippen LogP contribution is -2.24. The van der Waals surface area contributed by atoms with Crippen LogP contribution in [0.4, 0.5) is 0 Å². The highest BCUT2D eigenvalue weighted by Crippen LogP contribution is 2.28. The topological polar surface area (TPSA) is 239 Å². The first-order valence-electron chi connectivity index (χ1n) is 18.4. The number of thiocarbonyl (C=S) groups is 4. The Labute approximate surface area is 379 Å². The summed E-state index contributed by atoms with van der Waals surface area (Å²) in [5.74, 6) is 2.25. The highest BCUT2D eigenvalue weighted by Gasteiger charge is 2.16. The molecule has 0 saturated carbocycles. The largest absolute Gasteiger partial charge is 0.488 e. The third kappa shape index (κ3) is 15.1. The molecule has 0 amide bonds. The maximum absolute atomic E-state index is 6.46. The first-order chi connectivity index (χ1) is 30.0. The third-order valence-electron chi connectivity index (χ3n) is 8.24. The van der Waals surface area contributed by atoms with Crippen molar-refractivity contribution >= 4 is 94.2 Å². The molecular weight excluding hydrogens is 865 g/mol. The SMILES string of the molecule is NC(=S)N/N=C/c1ccccc1OCc1cc(COc2ccccc2/C=N/NC(N)=S)c(COc2ccccc2/C=N/NC(N)=S)cc1COc1ccccc1/C=N/NC(N)=S. The number of hydrazone groups is 4. The zero-order valence-corrected chi connectivity index (χ0v) is 36.2. The van der Waals surface area contributed by atoms with Crippen molar-refractivity contribution in [2.24, 2.45) is 43.3 Å². The molecule has 0 unspecified atom stereocenters. The summed E-state index contributed by atoms with van der Waals surface area (Å²) in [6.07, 6.45) is 6.29. The van der Waals surface area contributed by atoms with Crippen LogP contribution in [0.3, 0.4) is 0 Å². The van der Waals surface area contributed by atoms with Crippen LogP contribution < -0.4 is 63.6 Å². The quantitative estimate of drug-likeness (QED) is 0.0301. The van der Waals surface area contributed by atoms with Gasteiger partial charge in [0.05, 0.1) is 24.9 Å². The van der Waals surface area contributed by atoms with Gasteiger partial charge in [0.1, 0.15) is 49.4 Å². The van der Waals surface area contributed by atoms with Crippen molar-refractivity contribution < 1.29 is 18.9 Å². The fraction of sp³-hybridized carbons (Fsp3) is 0.0952. The van der Waals surface area contributed by atoms with E-state index in [9.17, 15) is 0 Å². The fourth-order valence-corrected chi connectivity index (χ4v) is 5.70.